The van der Waals surface area contributed by atoms with Gasteiger partial charge in [0.25, 0.3) is 0 Å². The smallest absolute Gasteiger partial charge is 0.205 e. The van der Waals surface area contributed by atoms with Crippen molar-refractivity contribution >= 4 is 56.0 Å². The molecular weight excluding hydrogens is 348 g/mol. The highest BCUT2D eigenvalue weighted by Gasteiger charge is 2.32. The molecule has 0 amide bonds. The van der Waals surface area contributed by atoms with Gasteiger partial charge in [-0.1, -0.05) is 35.9 Å². The maximum absolute atomic E-state index is 12.5. The number of carbonyl (C=O) groups is 2. The number of carbonyl (C=O) groups excluding carboxylic acids is 2. The van der Waals surface area contributed by atoms with Crippen LogP contribution in [0.1, 0.15) is 25.6 Å². The van der Waals surface area contributed by atoms with E-state index in [0.29, 0.717) is 21.6 Å². The summed E-state index contributed by atoms with van der Waals surface area (Å²) >= 11 is 10.8. The van der Waals surface area contributed by atoms with E-state index in [9.17, 15) is 9.59 Å². The largest absolute Gasteiger partial charge is 0.288 e. The number of benzene rings is 1. The van der Waals surface area contributed by atoms with Crippen LogP contribution in [0.2, 0.25) is 0 Å². The van der Waals surface area contributed by atoms with Gasteiger partial charge in [0.1, 0.15) is 5.03 Å². The third-order valence-corrected chi connectivity index (χ3v) is 4.88. The Morgan fingerprint density at radius 2 is 1.58 bits per heavy atom. The minimum Gasteiger partial charge on any atom is -0.288 e. The third-order valence-electron chi connectivity index (χ3n) is 2.88. The first kappa shape index (κ1) is 12.8. The number of hydrogen-bond donors (Lipinski definition) is 0. The van der Waals surface area contributed by atoms with Gasteiger partial charge >= 0.3 is 0 Å². The highest BCUT2D eigenvalue weighted by Crippen LogP contribution is 2.38. The van der Waals surface area contributed by atoms with Crippen LogP contribution in [0.3, 0.4) is 0 Å². The lowest BCUT2D eigenvalue weighted by Gasteiger charge is -2.16. The van der Waals surface area contributed by atoms with Gasteiger partial charge in [0, 0.05) is 16.0 Å². The molecule has 0 unspecified atom stereocenters. The highest BCUT2D eigenvalue weighted by atomic mass is 79.9. The number of Topliss-reactive ketones (excluding diaryl/α,β-unsaturated/α-hetero) is 2. The maximum atomic E-state index is 12.5. The zero-order valence-electron chi connectivity index (χ0n) is 9.44. The number of halogens is 2. The van der Waals surface area contributed by atoms with Crippen LogP contribution in [0, 0.1) is 0 Å². The van der Waals surface area contributed by atoms with Crippen molar-refractivity contribution in [2.75, 3.05) is 0 Å². The average Bonchev–Trinajstić information content (AvgIpc) is 2.83. The fourth-order valence-corrected chi connectivity index (χ4v) is 3.79. The normalized spacial score (nSPS) is 14.8. The molecule has 1 heterocycles. The van der Waals surface area contributed by atoms with E-state index in [1.165, 1.54) is 11.3 Å². The Bertz CT molecular complexity index is 745. The molecule has 1 aromatic carbocycles. The molecule has 19 heavy (non-hydrogen) atoms. The van der Waals surface area contributed by atoms with E-state index in [2.05, 4.69) is 15.9 Å². The maximum Gasteiger partial charge on any atom is 0.205 e. The predicted molar refractivity (Wildman–Crippen MR) is 79.9 cm³/mol. The molecule has 0 saturated heterocycles. The molecule has 5 heteroatoms. The van der Waals surface area contributed by atoms with Crippen LogP contribution >= 0.6 is 38.9 Å². The van der Waals surface area contributed by atoms with Crippen molar-refractivity contribution in [2.45, 2.75) is 0 Å². The van der Waals surface area contributed by atoms with Gasteiger partial charge in [0.2, 0.25) is 5.78 Å². The molecule has 2 nitrogen and oxygen atoms in total. The summed E-state index contributed by atoms with van der Waals surface area (Å²) in [5.41, 5.74) is 1.08. The van der Waals surface area contributed by atoms with E-state index in [4.69, 9.17) is 11.6 Å². The molecule has 0 saturated carbocycles. The van der Waals surface area contributed by atoms with Crippen molar-refractivity contribution in [3.63, 3.8) is 0 Å². The number of thiophene rings is 1. The Morgan fingerprint density at radius 1 is 0.947 bits per heavy atom. The van der Waals surface area contributed by atoms with Crippen LogP contribution in [-0.4, -0.2) is 11.6 Å². The molecule has 0 spiro atoms. The molecule has 1 aromatic heterocycles. The Kier molecular flexibility index (Phi) is 3.17. The van der Waals surface area contributed by atoms with Crippen molar-refractivity contribution in [3.8, 4) is 0 Å². The Hall–Kier alpha value is -1.23. The van der Waals surface area contributed by atoms with Crippen molar-refractivity contribution in [3.05, 3.63) is 61.2 Å². The Labute approximate surface area is 126 Å². The summed E-state index contributed by atoms with van der Waals surface area (Å²) in [6, 6.07) is 10.4. The first-order valence-corrected chi connectivity index (χ1v) is 7.42. The second kappa shape index (κ2) is 4.71. The van der Waals surface area contributed by atoms with Crippen LogP contribution in [-0.2, 0) is 0 Å². The molecule has 0 bridgehead atoms. The zero-order valence-corrected chi connectivity index (χ0v) is 12.6. The molecule has 1 aliphatic carbocycles. The number of ketones is 2. The van der Waals surface area contributed by atoms with E-state index in [0.717, 1.165) is 3.79 Å². The molecular formula is C14H6BrClO2S. The topological polar surface area (TPSA) is 34.1 Å². The van der Waals surface area contributed by atoms with Gasteiger partial charge in [-0.2, -0.15) is 0 Å². The lowest BCUT2D eigenvalue weighted by atomic mass is 9.89. The van der Waals surface area contributed by atoms with E-state index in [1.54, 1.807) is 30.3 Å². The predicted octanol–water partition coefficient (Wildman–Crippen LogP) is 4.54. The summed E-state index contributed by atoms with van der Waals surface area (Å²) in [4.78, 5) is 25.4. The lowest BCUT2D eigenvalue weighted by Crippen LogP contribution is -2.18. The number of fused-ring (bicyclic) bond motifs is 1. The number of hydrogen-bond acceptors (Lipinski definition) is 3. The summed E-state index contributed by atoms with van der Waals surface area (Å²) in [5.74, 6) is -0.495. The molecule has 0 aliphatic heterocycles. The standard InChI is InChI=1S/C14H6BrClO2S/c15-10-6-5-9(19-10)11-12(16)14(18)8-4-2-1-3-7(8)13(11)17/h1-6H. The van der Waals surface area contributed by atoms with Crippen molar-refractivity contribution < 1.29 is 9.59 Å². The second-order valence-electron chi connectivity index (χ2n) is 4.00. The molecule has 1 aliphatic rings. The fraction of sp³-hybridized carbons (Fsp3) is 0. The number of rotatable bonds is 1. The van der Waals surface area contributed by atoms with Crippen LogP contribution in [0.5, 0.6) is 0 Å². The fourth-order valence-electron chi connectivity index (χ4n) is 2.01. The monoisotopic (exact) mass is 352 g/mol. The zero-order chi connectivity index (χ0) is 13.6. The minimum absolute atomic E-state index is 0.00181. The quantitative estimate of drug-likeness (QED) is 0.754. The first-order valence-electron chi connectivity index (χ1n) is 5.43. The van der Waals surface area contributed by atoms with Crippen molar-refractivity contribution in [1.29, 1.82) is 0 Å². The van der Waals surface area contributed by atoms with Crippen molar-refractivity contribution in [1.82, 2.24) is 0 Å². The van der Waals surface area contributed by atoms with Gasteiger partial charge in [-0.3, -0.25) is 9.59 Å². The van der Waals surface area contributed by atoms with E-state index >= 15 is 0 Å². The Morgan fingerprint density at radius 3 is 2.16 bits per heavy atom. The van der Waals surface area contributed by atoms with Crippen LogP contribution in [0.4, 0.5) is 0 Å². The molecule has 3 rings (SSSR count). The number of allylic oxidation sites excluding steroid dienone is 2. The molecule has 94 valence electrons. The van der Waals surface area contributed by atoms with E-state index < -0.39 is 0 Å². The van der Waals surface area contributed by atoms with Gasteiger partial charge in [-0.05, 0) is 28.1 Å². The SMILES string of the molecule is O=C1C(Cl)=C(c2ccc(Br)s2)C(=O)c2ccccc21. The van der Waals surface area contributed by atoms with Crippen molar-refractivity contribution in [2.24, 2.45) is 0 Å². The van der Waals surface area contributed by atoms with E-state index in [1.807, 2.05) is 6.07 Å². The molecule has 0 fully saturated rings. The summed E-state index contributed by atoms with van der Waals surface area (Å²) in [7, 11) is 0. The molecule has 0 radical (unpaired) electrons. The molecule has 0 N–H and O–H groups in total. The summed E-state index contributed by atoms with van der Waals surface area (Å²) in [5, 5.41) is -0.00181. The summed E-state index contributed by atoms with van der Waals surface area (Å²) in [6.45, 7) is 0. The van der Waals surface area contributed by atoms with Gasteiger partial charge in [0.05, 0.1) is 9.36 Å². The van der Waals surface area contributed by atoms with Crippen LogP contribution < -0.4 is 0 Å². The molecule has 2 aromatic rings. The average molecular weight is 354 g/mol. The lowest BCUT2D eigenvalue weighted by molar-refractivity contribution is 0.0998. The van der Waals surface area contributed by atoms with Gasteiger partial charge in [-0.15, -0.1) is 11.3 Å². The highest BCUT2D eigenvalue weighted by molar-refractivity contribution is 9.11. The van der Waals surface area contributed by atoms with Gasteiger partial charge in [-0.25, -0.2) is 0 Å². The van der Waals surface area contributed by atoms with Gasteiger partial charge < -0.3 is 0 Å². The molecule has 0 atom stereocenters. The minimum atomic E-state index is -0.295. The van der Waals surface area contributed by atoms with Crippen LogP contribution in [0.15, 0.2) is 45.2 Å². The van der Waals surface area contributed by atoms with E-state index in [-0.39, 0.29) is 16.6 Å². The second-order valence-corrected chi connectivity index (χ2v) is 6.84. The summed E-state index contributed by atoms with van der Waals surface area (Å²) < 4.78 is 0.888. The van der Waals surface area contributed by atoms with Gasteiger partial charge in [0.15, 0.2) is 5.78 Å². The third kappa shape index (κ3) is 2.00. The first-order chi connectivity index (χ1) is 9.09. The summed E-state index contributed by atoms with van der Waals surface area (Å²) in [6.07, 6.45) is 0. The Balaban J connectivity index is 2.24. The van der Waals surface area contributed by atoms with Crippen LogP contribution in [0.25, 0.3) is 5.57 Å².